The smallest absolute Gasteiger partial charge is 0.408 e. The van der Waals surface area contributed by atoms with Gasteiger partial charge in [-0.2, -0.15) is 5.10 Å². The van der Waals surface area contributed by atoms with E-state index in [1.807, 2.05) is 18.2 Å². The van der Waals surface area contributed by atoms with Gasteiger partial charge < -0.3 is 15.2 Å². The van der Waals surface area contributed by atoms with Crippen LogP contribution in [0.4, 0.5) is 4.79 Å². The molecule has 1 unspecified atom stereocenters. The van der Waals surface area contributed by atoms with E-state index in [9.17, 15) is 9.59 Å². The van der Waals surface area contributed by atoms with Crippen LogP contribution >= 0.6 is 0 Å². The van der Waals surface area contributed by atoms with Crippen molar-refractivity contribution in [2.75, 3.05) is 0 Å². The number of carbonyl (C=O) groups excluding carboxylic acids is 1. The van der Waals surface area contributed by atoms with Crippen LogP contribution in [0.1, 0.15) is 5.56 Å². The number of carboxylic acid groups (broad SMARTS) is 1. The molecule has 0 spiro atoms. The molecular weight excluding hydrogens is 276 g/mol. The number of aromatic nitrogens is 3. The number of ether oxygens (including phenoxy) is 1. The number of amides is 1. The minimum absolute atomic E-state index is 0.0320. The predicted octanol–water partition coefficient (Wildman–Crippen LogP) is 0.658. The maximum Gasteiger partial charge on any atom is 0.408 e. The van der Waals surface area contributed by atoms with Crippen molar-refractivity contribution in [2.45, 2.75) is 19.2 Å². The second-order valence-corrected chi connectivity index (χ2v) is 4.21. The van der Waals surface area contributed by atoms with Gasteiger partial charge in [0.25, 0.3) is 0 Å². The molecule has 2 N–H and O–H groups in total. The molecule has 8 heteroatoms. The van der Waals surface area contributed by atoms with Crippen molar-refractivity contribution in [2.24, 2.45) is 0 Å². The highest BCUT2D eigenvalue weighted by Crippen LogP contribution is 2.01. The van der Waals surface area contributed by atoms with Gasteiger partial charge >= 0.3 is 12.1 Å². The zero-order chi connectivity index (χ0) is 15.1. The first kappa shape index (κ1) is 14.5. The van der Waals surface area contributed by atoms with Crippen molar-refractivity contribution in [1.29, 1.82) is 0 Å². The lowest BCUT2D eigenvalue weighted by Gasteiger charge is -2.14. The minimum Gasteiger partial charge on any atom is -0.480 e. The highest BCUT2D eigenvalue weighted by molar-refractivity contribution is 5.79. The van der Waals surface area contributed by atoms with E-state index in [0.717, 1.165) is 5.56 Å². The number of hydrogen-bond acceptors (Lipinski definition) is 5. The van der Waals surface area contributed by atoms with E-state index in [0.29, 0.717) is 0 Å². The summed E-state index contributed by atoms with van der Waals surface area (Å²) in [6.45, 7) is 0.0398. The third-order valence-electron chi connectivity index (χ3n) is 2.64. The molecule has 1 heterocycles. The molecule has 0 saturated heterocycles. The monoisotopic (exact) mass is 290 g/mol. The lowest BCUT2D eigenvalue weighted by atomic mass is 10.2. The largest absolute Gasteiger partial charge is 0.480 e. The molecule has 0 aliphatic rings. The van der Waals surface area contributed by atoms with Gasteiger partial charge in [0.2, 0.25) is 0 Å². The van der Waals surface area contributed by atoms with E-state index < -0.39 is 18.1 Å². The molecule has 1 amide bonds. The molecule has 0 saturated carbocycles. The topological polar surface area (TPSA) is 106 Å². The number of carbonyl (C=O) groups is 2. The average molecular weight is 290 g/mol. The summed E-state index contributed by atoms with van der Waals surface area (Å²) in [5.74, 6) is -1.18. The Balaban J connectivity index is 1.85. The van der Waals surface area contributed by atoms with Crippen LogP contribution in [0.3, 0.4) is 0 Å². The second kappa shape index (κ2) is 7.04. The molecule has 110 valence electrons. The van der Waals surface area contributed by atoms with E-state index in [1.165, 1.54) is 17.3 Å². The third-order valence-corrected chi connectivity index (χ3v) is 2.64. The summed E-state index contributed by atoms with van der Waals surface area (Å²) >= 11 is 0. The normalized spacial score (nSPS) is 11.6. The number of nitrogens with one attached hydrogen (secondary N) is 1. The van der Waals surface area contributed by atoms with Gasteiger partial charge in [0.05, 0.1) is 6.54 Å². The van der Waals surface area contributed by atoms with Gasteiger partial charge in [-0.1, -0.05) is 30.3 Å². The summed E-state index contributed by atoms with van der Waals surface area (Å²) < 4.78 is 6.28. The number of aliphatic carboxylic acids is 1. The fourth-order valence-corrected chi connectivity index (χ4v) is 1.61. The predicted molar refractivity (Wildman–Crippen MR) is 71.2 cm³/mol. The summed E-state index contributed by atoms with van der Waals surface area (Å²) in [6, 6.07) is 7.95. The first-order chi connectivity index (χ1) is 10.1. The summed E-state index contributed by atoms with van der Waals surface area (Å²) in [5.41, 5.74) is 0.816. The molecule has 2 rings (SSSR count). The minimum atomic E-state index is -1.18. The Morgan fingerprint density at radius 1 is 1.33 bits per heavy atom. The zero-order valence-corrected chi connectivity index (χ0v) is 11.0. The van der Waals surface area contributed by atoms with Crippen LogP contribution < -0.4 is 5.32 Å². The molecule has 8 nitrogen and oxygen atoms in total. The number of nitrogens with zero attached hydrogens (tertiary/aromatic N) is 3. The van der Waals surface area contributed by atoms with Gasteiger partial charge in [-0.3, -0.25) is 4.68 Å². The summed E-state index contributed by atoms with van der Waals surface area (Å²) in [5, 5.41) is 15.1. The van der Waals surface area contributed by atoms with Gasteiger partial charge in [-0.25, -0.2) is 14.6 Å². The molecule has 1 aromatic carbocycles. The first-order valence-electron chi connectivity index (χ1n) is 6.17. The Morgan fingerprint density at radius 3 is 2.71 bits per heavy atom. The van der Waals surface area contributed by atoms with E-state index in [1.54, 1.807) is 12.1 Å². The summed E-state index contributed by atoms with van der Waals surface area (Å²) in [4.78, 5) is 26.4. The highest BCUT2D eigenvalue weighted by atomic mass is 16.5. The molecule has 0 aliphatic carbocycles. The van der Waals surface area contributed by atoms with Gasteiger partial charge in [-0.05, 0) is 5.56 Å². The number of hydrogen-bond donors (Lipinski definition) is 2. The fraction of sp³-hybridized carbons (Fsp3) is 0.231. The fourth-order valence-electron chi connectivity index (χ4n) is 1.61. The van der Waals surface area contributed by atoms with Gasteiger partial charge in [-0.15, -0.1) is 0 Å². The van der Waals surface area contributed by atoms with Crippen molar-refractivity contribution in [3.63, 3.8) is 0 Å². The number of alkyl carbamates (subject to hydrolysis) is 1. The van der Waals surface area contributed by atoms with Crippen molar-refractivity contribution >= 4 is 12.1 Å². The highest BCUT2D eigenvalue weighted by Gasteiger charge is 2.21. The van der Waals surface area contributed by atoms with Crippen molar-refractivity contribution in [3.05, 3.63) is 48.5 Å². The number of rotatable bonds is 6. The maximum absolute atomic E-state index is 11.6. The Labute approximate surface area is 120 Å². The van der Waals surface area contributed by atoms with Gasteiger partial charge in [0.1, 0.15) is 25.3 Å². The Kier molecular flexibility index (Phi) is 4.86. The second-order valence-electron chi connectivity index (χ2n) is 4.21. The molecule has 2 aromatic rings. The summed E-state index contributed by atoms with van der Waals surface area (Å²) in [7, 11) is 0. The lowest BCUT2D eigenvalue weighted by Crippen LogP contribution is -2.44. The molecule has 0 radical (unpaired) electrons. The SMILES string of the molecule is O=C(NC(Cn1cncn1)C(=O)O)OCc1ccccc1. The van der Waals surface area contributed by atoms with Crippen LogP contribution in [0.25, 0.3) is 0 Å². The average Bonchev–Trinajstić information content (AvgIpc) is 2.98. The quantitative estimate of drug-likeness (QED) is 0.809. The van der Waals surface area contributed by atoms with Crippen LogP contribution in [0.5, 0.6) is 0 Å². The van der Waals surface area contributed by atoms with Gasteiger partial charge in [0.15, 0.2) is 0 Å². The van der Waals surface area contributed by atoms with Crippen molar-refractivity contribution in [1.82, 2.24) is 20.1 Å². The van der Waals surface area contributed by atoms with E-state index in [4.69, 9.17) is 9.84 Å². The van der Waals surface area contributed by atoms with Crippen molar-refractivity contribution in [3.8, 4) is 0 Å². The molecule has 1 atom stereocenters. The Bertz CT molecular complexity index is 585. The van der Waals surface area contributed by atoms with Crippen LogP contribution in [0.15, 0.2) is 43.0 Å². The third kappa shape index (κ3) is 4.60. The van der Waals surface area contributed by atoms with E-state index in [-0.39, 0.29) is 13.2 Å². The number of benzene rings is 1. The maximum atomic E-state index is 11.6. The van der Waals surface area contributed by atoms with Crippen LogP contribution in [0.2, 0.25) is 0 Å². The van der Waals surface area contributed by atoms with Crippen LogP contribution in [-0.2, 0) is 22.7 Å². The van der Waals surface area contributed by atoms with Crippen LogP contribution in [-0.4, -0.2) is 38.0 Å². The first-order valence-corrected chi connectivity index (χ1v) is 6.17. The van der Waals surface area contributed by atoms with Gasteiger partial charge in [0, 0.05) is 0 Å². The molecule has 1 aromatic heterocycles. The molecule has 0 aliphatic heterocycles. The van der Waals surface area contributed by atoms with E-state index >= 15 is 0 Å². The molecule has 0 fully saturated rings. The molecular formula is C13H14N4O4. The zero-order valence-electron chi connectivity index (χ0n) is 11.0. The Morgan fingerprint density at radius 2 is 2.10 bits per heavy atom. The lowest BCUT2D eigenvalue weighted by molar-refractivity contribution is -0.139. The van der Waals surface area contributed by atoms with E-state index in [2.05, 4.69) is 15.4 Å². The standard InChI is InChI=1S/C13H14N4O4/c18-12(19)11(6-17-9-14-8-15-17)16-13(20)21-7-10-4-2-1-3-5-10/h1-5,8-9,11H,6-7H2,(H,16,20)(H,18,19). The molecule has 0 bridgehead atoms. The molecule has 21 heavy (non-hydrogen) atoms. The van der Waals surface area contributed by atoms with Crippen molar-refractivity contribution < 1.29 is 19.4 Å². The van der Waals surface area contributed by atoms with Crippen LogP contribution in [0, 0.1) is 0 Å². The summed E-state index contributed by atoms with van der Waals surface area (Å²) in [6.07, 6.45) is 1.85. The number of carboxylic acids is 1. The Hall–Kier alpha value is -2.90.